The molecule has 164 valence electrons. The largest absolute Gasteiger partial charge is 0.449 e. The predicted molar refractivity (Wildman–Crippen MR) is 124 cm³/mol. The first kappa shape index (κ1) is 20.9. The van der Waals surface area contributed by atoms with Crippen molar-refractivity contribution in [3.63, 3.8) is 0 Å². The summed E-state index contributed by atoms with van der Waals surface area (Å²) in [5.41, 5.74) is 2.59. The number of fused-ring (bicyclic) bond motifs is 1. The van der Waals surface area contributed by atoms with Gasteiger partial charge < -0.3 is 4.74 Å². The molecule has 5 heteroatoms. The van der Waals surface area contributed by atoms with Gasteiger partial charge >= 0.3 is 5.97 Å². The molecule has 0 aromatic heterocycles. The van der Waals surface area contributed by atoms with E-state index in [1.54, 1.807) is 24.3 Å². The van der Waals surface area contributed by atoms with Crippen molar-refractivity contribution in [3.05, 3.63) is 114 Å². The number of carbonyl (C=O) groups excluding carboxylic acids is 3. The van der Waals surface area contributed by atoms with Crippen LogP contribution in [0.15, 0.2) is 97.1 Å². The number of ether oxygens (including phenoxy) is 1. The molecule has 2 aliphatic rings. The maximum atomic E-state index is 13.0. The summed E-state index contributed by atoms with van der Waals surface area (Å²) in [6, 6.07) is 25.6. The van der Waals surface area contributed by atoms with Crippen molar-refractivity contribution in [2.24, 2.45) is 11.8 Å². The molecule has 0 spiro atoms. The van der Waals surface area contributed by atoms with Crippen LogP contribution in [0.2, 0.25) is 0 Å². The van der Waals surface area contributed by atoms with Crippen LogP contribution in [0.25, 0.3) is 0 Å². The number of esters is 1. The third-order valence-corrected chi connectivity index (χ3v) is 6.30. The van der Waals surface area contributed by atoms with E-state index in [-0.39, 0.29) is 23.7 Å². The fourth-order valence-corrected chi connectivity index (χ4v) is 4.56. The van der Waals surface area contributed by atoms with E-state index >= 15 is 0 Å². The minimum atomic E-state index is -0.545. The lowest BCUT2D eigenvalue weighted by atomic mass is 9.85. The molecular weight excluding hydrogens is 414 g/mol. The molecule has 3 aromatic carbocycles. The Morgan fingerprint density at radius 1 is 0.727 bits per heavy atom. The lowest BCUT2D eigenvalue weighted by Crippen LogP contribution is -2.30. The zero-order valence-corrected chi connectivity index (χ0v) is 18.0. The standard InChI is InChI=1S/C28H23NO4/c30-26-23-13-7-8-14-24(23)27(31)29(26)22-17-15-21(16-18-22)28(32)33-25(19-9-3-1-4-10-19)20-11-5-2-6-12-20/h1-12,15-18,23-25H,13-14H2/t23-,24+. The molecule has 5 nitrogen and oxygen atoms in total. The maximum Gasteiger partial charge on any atom is 0.339 e. The number of imide groups is 1. The molecule has 1 fully saturated rings. The third-order valence-electron chi connectivity index (χ3n) is 6.30. The molecule has 3 aromatic rings. The Bertz CT molecular complexity index is 1140. The number of nitrogens with zero attached hydrogens (tertiary/aromatic N) is 1. The van der Waals surface area contributed by atoms with Gasteiger partial charge in [-0.3, -0.25) is 14.5 Å². The lowest BCUT2D eigenvalue weighted by Gasteiger charge is -2.19. The normalized spacial score (nSPS) is 19.6. The molecule has 0 N–H and O–H groups in total. The van der Waals surface area contributed by atoms with Crippen molar-refractivity contribution < 1.29 is 19.1 Å². The molecule has 5 rings (SSSR count). The Hall–Kier alpha value is -3.99. The average molecular weight is 437 g/mol. The number of hydrogen-bond acceptors (Lipinski definition) is 4. The van der Waals surface area contributed by atoms with E-state index in [4.69, 9.17) is 4.74 Å². The highest BCUT2D eigenvalue weighted by Crippen LogP contribution is 2.37. The monoisotopic (exact) mass is 437 g/mol. The fourth-order valence-electron chi connectivity index (χ4n) is 4.56. The van der Waals surface area contributed by atoms with Gasteiger partial charge in [0.25, 0.3) is 0 Å². The number of carbonyl (C=O) groups is 3. The second-order valence-corrected chi connectivity index (χ2v) is 8.32. The Kier molecular flexibility index (Phi) is 5.61. The SMILES string of the molecule is O=C(OC(c1ccccc1)c1ccccc1)c1ccc(N2C(=O)[C@H]3CC=CC[C@H]3C2=O)cc1. The second kappa shape index (κ2) is 8.87. The van der Waals surface area contributed by atoms with E-state index in [1.165, 1.54) is 4.90 Å². The van der Waals surface area contributed by atoms with Gasteiger partial charge in [0.2, 0.25) is 11.8 Å². The molecular formula is C28H23NO4. The summed E-state index contributed by atoms with van der Waals surface area (Å²) in [5, 5.41) is 0. The number of benzene rings is 3. The van der Waals surface area contributed by atoms with Crippen molar-refractivity contribution in [2.45, 2.75) is 18.9 Å². The van der Waals surface area contributed by atoms with Crippen LogP contribution in [0.3, 0.4) is 0 Å². The predicted octanol–water partition coefficient (Wildman–Crippen LogP) is 5.09. The van der Waals surface area contributed by atoms with E-state index in [9.17, 15) is 14.4 Å². The molecule has 1 aliphatic heterocycles. The fraction of sp³-hybridized carbons (Fsp3) is 0.179. The molecule has 33 heavy (non-hydrogen) atoms. The molecule has 1 aliphatic carbocycles. The van der Waals surface area contributed by atoms with Crippen LogP contribution >= 0.6 is 0 Å². The van der Waals surface area contributed by atoms with Crippen molar-refractivity contribution in [2.75, 3.05) is 4.90 Å². The first-order valence-corrected chi connectivity index (χ1v) is 11.1. The highest BCUT2D eigenvalue weighted by molar-refractivity contribution is 6.22. The summed E-state index contributed by atoms with van der Waals surface area (Å²) in [6.07, 6.45) is 4.57. The van der Waals surface area contributed by atoms with Gasteiger partial charge in [0, 0.05) is 0 Å². The van der Waals surface area contributed by atoms with E-state index in [1.807, 2.05) is 72.8 Å². The summed E-state index contributed by atoms with van der Waals surface area (Å²) in [5.74, 6) is -1.39. The van der Waals surface area contributed by atoms with Gasteiger partial charge in [0.15, 0.2) is 6.10 Å². The van der Waals surface area contributed by atoms with Gasteiger partial charge in [0.05, 0.1) is 23.1 Å². The zero-order chi connectivity index (χ0) is 22.8. The van der Waals surface area contributed by atoms with Gasteiger partial charge in [-0.1, -0.05) is 72.8 Å². The summed E-state index contributed by atoms with van der Waals surface area (Å²) in [4.78, 5) is 39.9. The van der Waals surface area contributed by atoms with Crippen molar-refractivity contribution in [1.82, 2.24) is 0 Å². The van der Waals surface area contributed by atoms with E-state index in [0.717, 1.165) is 11.1 Å². The molecule has 0 radical (unpaired) electrons. The molecule has 0 saturated carbocycles. The maximum absolute atomic E-state index is 13.0. The minimum Gasteiger partial charge on any atom is -0.449 e. The highest BCUT2D eigenvalue weighted by Gasteiger charge is 2.47. The molecule has 0 unspecified atom stereocenters. The van der Waals surface area contributed by atoms with Crippen molar-refractivity contribution >= 4 is 23.5 Å². The molecule has 1 saturated heterocycles. The topological polar surface area (TPSA) is 63.7 Å². The lowest BCUT2D eigenvalue weighted by molar-refractivity contribution is -0.122. The summed E-state index contributed by atoms with van der Waals surface area (Å²) in [6.45, 7) is 0. The first-order valence-electron chi connectivity index (χ1n) is 11.1. The molecule has 1 heterocycles. The Morgan fingerprint density at radius 2 is 1.21 bits per heavy atom. The van der Waals surface area contributed by atoms with E-state index in [0.29, 0.717) is 24.1 Å². The van der Waals surface area contributed by atoms with Gasteiger partial charge in [-0.15, -0.1) is 0 Å². The third kappa shape index (κ3) is 3.98. The number of hydrogen-bond donors (Lipinski definition) is 0. The number of amides is 2. The second-order valence-electron chi connectivity index (χ2n) is 8.32. The number of anilines is 1. The zero-order valence-electron chi connectivity index (χ0n) is 18.0. The van der Waals surface area contributed by atoms with Gasteiger partial charge in [-0.05, 0) is 48.2 Å². The minimum absolute atomic E-state index is 0.169. The van der Waals surface area contributed by atoms with Gasteiger partial charge in [0.1, 0.15) is 0 Å². The van der Waals surface area contributed by atoms with Crippen LogP contribution in [0.4, 0.5) is 5.69 Å². The van der Waals surface area contributed by atoms with Gasteiger partial charge in [-0.25, -0.2) is 4.79 Å². The first-order chi connectivity index (χ1) is 16.1. The van der Waals surface area contributed by atoms with Crippen molar-refractivity contribution in [3.8, 4) is 0 Å². The summed E-state index contributed by atoms with van der Waals surface area (Å²) < 4.78 is 5.90. The van der Waals surface area contributed by atoms with Crippen LogP contribution < -0.4 is 4.90 Å². The number of allylic oxidation sites excluding steroid dienone is 2. The molecule has 2 atom stereocenters. The molecule has 0 bridgehead atoms. The average Bonchev–Trinajstić information content (AvgIpc) is 3.13. The quantitative estimate of drug-likeness (QED) is 0.317. The Labute approximate surface area is 192 Å². The smallest absolute Gasteiger partial charge is 0.339 e. The Morgan fingerprint density at radius 3 is 1.70 bits per heavy atom. The van der Waals surface area contributed by atoms with E-state index < -0.39 is 12.1 Å². The van der Waals surface area contributed by atoms with Crippen LogP contribution in [-0.4, -0.2) is 17.8 Å². The summed E-state index contributed by atoms with van der Waals surface area (Å²) >= 11 is 0. The number of rotatable bonds is 5. The molecule has 2 amide bonds. The summed E-state index contributed by atoms with van der Waals surface area (Å²) in [7, 11) is 0. The highest BCUT2D eigenvalue weighted by atomic mass is 16.5. The van der Waals surface area contributed by atoms with Gasteiger partial charge in [-0.2, -0.15) is 0 Å². The van der Waals surface area contributed by atoms with Crippen LogP contribution in [0, 0.1) is 11.8 Å². The Balaban J connectivity index is 1.36. The van der Waals surface area contributed by atoms with E-state index in [2.05, 4.69) is 0 Å². The van der Waals surface area contributed by atoms with Crippen LogP contribution in [0.5, 0.6) is 0 Å². The van der Waals surface area contributed by atoms with Crippen LogP contribution in [0.1, 0.15) is 40.4 Å². The van der Waals surface area contributed by atoms with Crippen molar-refractivity contribution in [1.29, 1.82) is 0 Å². The van der Waals surface area contributed by atoms with Crippen LogP contribution in [-0.2, 0) is 14.3 Å².